The number of aryl methyl sites for hydroxylation is 1. The number of carboxylic acids is 1. The van der Waals surface area contributed by atoms with Crippen molar-refractivity contribution in [2.45, 2.75) is 35.5 Å². The molecule has 3 nitrogen and oxygen atoms in total. The summed E-state index contributed by atoms with van der Waals surface area (Å²) in [6, 6.07) is 7.78. The molecule has 86 valence electrons. The Kier molecular flexibility index (Phi) is 2.95. The van der Waals surface area contributed by atoms with E-state index < -0.39 is 16.8 Å². The SMILES string of the molecule is Cc1cccc(SC2(C(=O)O)CC(O)C2)c1. The normalized spacial score (nSPS) is 28.5. The topological polar surface area (TPSA) is 57.5 Å². The first kappa shape index (κ1) is 11.5. The van der Waals surface area contributed by atoms with Crippen LogP contribution in [-0.4, -0.2) is 27.0 Å². The highest BCUT2D eigenvalue weighted by molar-refractivity contribution is 8.01. The first-order chi connectivity index (χ1) is 7.52. The molecular formula is C12H14O3S. The minimum Gasteiger partial charge on any atom is -0.480 e. The van der Waals surface area contributed by atoms with Gasteiger partial charge in [0.1, 0.15) is 4.75 Å². The molecule has 1 aromatic carbocycles. The zero-order chi connectivity index (χ0) is 11.8. The number of hydrogen-bond acceptors (Lipinski definition) is 3. The summed E-state index contributed by atoms with van der Waals surface area (Å²) in [7, 11) is 0. The summed E-state index contributed by atoms with van der Waals surface area (Å²) in [5, 5.41) is 18.5. The molecule has 0 heterocycles. The summed E-state index contributed by atoms with van der Waals surface area (Å²) in [5.74, 6) is -0.829. The van der Waals surface area contributed by atoms with Crippen molar-refractivity contribution in [3.8, 4) is 0 Å². The maximum atomic E-state index is 11.2. The molecule has 0 bridgehead atoms. The monoisotopic (exact) mass is 238 g/mol. The van der Waals surface area contributed by atoms with Crippen LogP contribution in [0.4, 0.5) is 0 Å². The lowest BCUT2D eigenvalue weighted by Crippen LogP contribution is -2.50. The van der Waals surface area contributed by atoms with E-state index in [1.807, 2.05) is 31.2 Å². The van der Waals surface area contributed by atoms with Gasteiger partial charge in [-0.3, -0.25) is 4.79 Å². The summed E-state index contributed by atoms with van der Waals surface area (Å²) in [4.78, 5) is 12.2. The number of carboxylic acid groups (broad SMARTS) is 1. The number of aliphatic carboxylic acids is 1. The first-order valence-electron chi connectivity index (χ1n) is 5.19. The summed E-state index contributed by atoms with van der Waals surface area (Å²) < 4.78 is -0.826. The maximum Gasteiger partial charge on any atom is 0.320 e. The fourth-order valence-corrected chi connectivity index (χ4v) is 3.39. The molecule has 1 aliphatic rings. The lowest BCUT2D eigenvalue weighted by molar-refractivity contribution is -0.145. The zero-order valence-corrected chi connectivity index (χ0v) is 9.83. The zero-order valence-electron chi connectivity index (χ0n) is 9.01. The second-order valence-corrected chi connectivity index (χ2v) is 5.74. The predicted molar refractivity (Wildman–Crippen MR) is 62.6 cm³/mol. The van der Waals surface area contributed by atoms with Crippen molar-refractivity contribution in [2.24, 2.45) is 0 Å². The van der Waals surface area contributed by atoms with Gasteiger partial charge in [-0.25, -0.2) is 0 Å². The highest BCUT2D eigenvalue weighted by atomic mass is 32.2. The Labute approximate surface area is 98.5 Å². The lowest BCUT2D eigenvalue weighted by Gasteiger charge is -2.40. The molecule has 0 aliphatic heterocycles. The Balaban J connectivity index is 2.16. The molecule has 0 saturated heterocycles. The third-order valence-electron chi connectivity index (χ3n) is 2.82. The molecule has 1 aliphatic carbocycles. The van der Waals surface area contributed by atoms with E-state index in [2.05, 4.69) is 0 Å². The number of benzene rings is 1. The van der Waals surface area contributed by atoms with Gasteiger partial charge in [-0.2, -0.15) is 0 Å². The highest BCUT2D eigenvalue weighted by Gasteiger charge is 2.50. The minimum atomic E-state index is -0.829. The molecular weight excluding hydrogens is 224 g/mol. The third kappa shape index (κ3) is 2.08. The smallest absolute Gasteiger partial charge is 0.320 e. The third-order valence-corrected chi connectivity index (χ3v) is 4.21. The van der Waals surface area contributed by atoms with E-state index in [-0.39, 0.29) is 0 Å². The van der Waals surface area contributed by atoms with Gasteiger partial charge in [0, 0.05) is 4.90 Å². The molecule has 0 radical (unpaired) electrons. The van der Waals surface area contributed by atoms with Crippen LogP contribution in [0.5, 0.6) is 0 Å². The van der Waals surface area contributed by atoms with Crippen LogP contribution in [0.3, 0.4) is 0 Å². The van der Waals surface area contributed by atoms with Gasteiger partial charge in [0.25, 0.3) is 0 Å². The second kappa shape index (κ2) is 4.11. The fraction of sp³-hybridized carbons (Fsp3) is 0.417. The number of hydrogen-bond donors (Lipinski definition) is 2. The van der Waals surface area contributed by atoms with Gasteiger partial charge in [-0.1, -0.05) is 17.7 Å². The number of thioether (sulfide) groups is 1. The minimum absolute atomic E-state index is 0.334. The fourth-order valence-electron chi connectivity index (χ4n) is 1.91. The van der Waals surface area contributed by atoms with Crippen molar-refractivity contribution < 1.29 is 15.0 Å². The second-order valence-electron chi connectivity index (χ2n) is 4.28. The van der Waals surface area contributed by atoms with Crippen molar-refractivity contribution in [1.29, 1.82) is 0 Å². The molecule has 2 N–H and O–H groups in total. The van der Waals surface area contributed by atoms with Crippen molar-refractivity contribution in [1.82, 2.24) is 0 Å². The van der Waals surface area contributed by atoms with Crippen molar-refractivity contribution in [3.05, 3.63) is 29.8 Å². The van der Waals surface area contributed by atoms with Gasteiger partial charge in [0.05, 0.1) is 6.10 Å². The van der Waals surface area contributed by atoms with Crippen LogP contribution < -0.4 is 0 Å². The average molecular weight is 238 g/mol. The molecule has 2 rings (SSSR count). The van der Waals surface area contributed by atoms with Crippen LogP contribution in [0.1, 0.15) is 18.4 Å². The van der Waals surface area contributed by atoms with E-state index in [0.717, 1.165) is 10.5 Å². The van der Waals surface area contributed by atoms with Gasteiger partial charge < -0.3 is 10.2 Å². The van der Waals surface area contributed by atoms with E-state index in [1.54, 1.807) is 0 Å². The highest BCUT2D eigenvalue weighted by Crippen LogP contribution is 2.48. The predicted octanol–water partition coefficient (Wildman–Crippen LogP) is 2.07. The summed E-state index contributed by atoms with van der Waals surface area (Å²) in [6.07, 6.45) is 0.204. The number of rotatable bonds is 3. The summed E-state index contributed by atoms with van der Waals surface area (Å²) >= 11 is 1.34. The summed E-state index contributed by atoms with van der Waals surface area (Å²) in [5.41, 5.74) is 1.12. The molecule has 16 heavy (non-hydrogen) atoms. The Bertz CT molecular complexity index is 410. The quantitative estimate of drug-likeness (QED) is 0.846. The van der Waals surface area contributed by atoms with E-state index in [0.29, 0.717) is 12.8 Å². The Morgan fingerprint density at radius 3 is 2.69 bits per heavy atom. The molecule has 1 fully saturated rings. The molecule has 0 aromatic heterocycles. The van der Waals surface area contributed by atoms with Gasteiger partial charge in [0.2, 0.25) is 0 Å². The summed E-state index contributed by atoms with van der Waals surface area (Å²) in [6.45, 7) is 1.98. The average Bonchev–Trinajstić information content (AvgIpc) is 2.14. The van der Waals surface area contributed by atoms with Gasteiger partial charge in [-0.05, 0) is 31.9 Å². The van der Waals surface area contributed by atoms with Crippen LogP contribution in [0, 0.1) is 6.92 Å². The van der Waals surface area contributed by atoms with Crippen LogP contribution in [0.25, 0.3) is 0 Å². The Morgan fingerprint density at radius 1 is 1.50 bits per heavy atom. The number of carbonyl (C=O) groups is 1. The largest absolute Gasteiger partial charge is 0.480 e. The van der Waals surface area contributed by atoms with Crippen LogP contribution >= 0.6 is 11.8 Å². The van der Waals surface area contributed by atoms with E-state index >= 15 is 0 Å². The van der Waals surface area contributed by atoms with Crippen LogP contribution in [0.2, 0.25) is 0 Å². The van der Waals surface area contributed by atoms with Crippen molar-refractivity contribution >= 4 is 17.7 Å². The molecule has 4 heteroatoms. The molecule has 1 aromatic rings. The van der Waals surface area contributed by atoms with Gasteiger partial charge >= 0.3 is 5.97 Å². The molecule has 1 saturated carbocycles. The molecule has 0 atom stereocenters. The Hall–Kier alpha value is -1.00. The van der Waals surface area contributed by atoms with E-state index in [9.17, 15) is 15.0 Å². The Morgan fingerprint density at radius 2 is 2.19 bits per heavy atom. The van der Waals surface area contributed by atoms with Crippen molar-refractivity contribution in [2.75, 3.05) is 0 Å². The van der Waals surface area contributed by atoms with Gasteiger partial charge in [-0.15, -0.1) is 11.8 Å². The van der Waals surface area contributed by atoms with Crippen molar-refractivity contribution in [3.63, 3.8) is 0 Å². The number of aliphatic hydroxyl groups is 1. The van der Waals surface area contributed by atoms with E-state index in [1.165, 1.54) is 11.8 Å². The first-order valence-corrected chi connectivity index (χ1v) is 6.01. The molecule has 0 unspecified atom stereocenters. The lowest BCUT2D eigenvalue weighted by atomic mass is 9.81. The maximum absolute atomic E-state index is 11.2. The van der Waals surface area contributed by atoms with E-state index in [4.69, 9.17) is 0 Å². The molecule has 0 spiro atoms. The standard InChI is InChI=1S/C12H14O3S/c1-8-3-2-4-10(5-8)16-12(11(14)15)6-9(13)7-12/h2-5,9,13H,6-7H2,1H3,(H,14,15). The number of aliphatic hydroxyl groups excluding tert-OH is 1. The van der Waals surface area contributed by atoms with Crippen LogP contribution in [0.15, 0.2) is 29.2 Å². The van der Waals surface area contributed by atoms with Crippen LogP contribution in [-0.2, 0) is 4.79 Å². The van der Waals surface area contributed by atoms with Gasteiger partial charge in [0.15, 0.2) is 0 Å². The molecule has 0 amide bonds.